The molecule has 8 heteroatoms. The van der Waals surface area contributed by atoms with Gasteiger partial charge in [0.05, 0.1) is 0 Å². The van der Waals surface area contributed by atoms with E-state index in [1.165, 1.54) is 12.1 Å². The van der Waals surface area contributed by atoms with Gasteiger partial charge in [0.2, 0.25) is 0 Å². The first-order valence-electron chi connectivity index (χ1n) is 11.2. The van der Waals surface area contributed by atoms with Crippen molar-refractivity contribution in [1.29, 1.82) is 0 Å². The van der Waals surface area contributed by atoms with Gasteiger partial charge in [-0.25, -0.2) is 9.18 Å². The van der Waals surface area contributed by atoms with Gasteiger partial charge in [-0.1, -0.05) is 30.3 Å². The zero-order valence-electron chi connectivity index (χ0n) is 18.8. The molecule has 0 spiro atoms. The molecule has 0 radical (unpaired) electrons. The molecule has 174 valence electrons. The SMILES string of the molecule is C[C@@H]1CN(C(=O)c2cc3ccsc3n2Cc2ccc(F)cc2)CCN1C(=O)Nc1ccccc1. The zero-order valence-corrected chi connectivity index (χ0v) is 19.6. The number of fused-ring (bicyclic) bond motifs is 1. The van der Waals surface area contributed by atoms with Crippen LogP contribution in [0.25, 0.3) is 10.2 Å². The van der Waals surface area contributed by atoms with Crippen molar-refractivity contribution in [2.75, 3.05) is 25.0 Å². The molecule has 4 aromatic rings. The van der Waals surface area contributed by atoms with Gasteiger partial charge >= 0.3 is 6.03 Å². The Morgan fingerprint density at radius 2 is 1.82 bits per heavy atom. The second kappa shape index (κ2) is 9.30. The number of anilines is 1. The minimum absolute atomic E-state index is 0.0551. The minimum atomic E-state index is -0.281. The van der Waals surface area contributed by atoms with Crippen molar-refractivity contribution in [2.45, 2.75) is 19.5 Å². The van der Waals surface area contributed by atoms with Gasteiger partial charge in [0, 0.05) is 43.3 Å². The lowest BCUT2D eigenvalue weighted by atomic mass is 10.1. The average molecular weight is 477 g/mol. The van der Waals surface area contributed by atoms with Gasteiger partial charge in [0.15, 0.2) is 0 Å². The number of thiophene rings is 1. The summed E-state index contributed by atoms with van der Waals surface area (Å²) in [6, 6.07) is 19.4. The van der Waals surface area contributed by atoms with Crippen molar-refractivity contribution < 1.29 is 14.0 Å². The minimum Gasteiger partial charge on any atom is -0.334 e. The number of carbonyl (C=O) groups excluding carboxylic acids is 2. The van der Waals surface area contributed by atoms with Crippen LogP contribution in [-0.2, 0) is 6.54 Å². The highest BCUT2D eigenvalue weighted by atomic mass is 32.1. The Balaban J connectivity index is 1.32. The van der Waals surface area contributed by atoms with Crippen molar-refractivity contribution in [3.8, 4) is 0 Å². The van der Waals surface area contributed by atoms with Crippen LogP contribution in [0.5, 0.6) is 0 Å². The summed E-state index contributed by atoms with van der Waals surface area (Å²) in [4.78, 5) is 30.9. The smallest absolute Gasteiger partial charge is 0.322 e. The zero-order chi connectivity index (χ0) is 23.7. The number of hydrogen-bond acceptors (Lipinski definition) is 3. The summed E-state index contributed by atoms with van der Waals surface area (Å²) in [5.74, 6) is -0.336. The summed E-state index contributed by atoms with van der Waals surface area (Å²) >= 11 is 1.58. The molecule has 5 rings (SSSR count). The topological polar surface area (TPSA) is 57.6 Å². The summed E-state index contributed by atoms with van der Waals surface area (Å²) in [7, 11) is 0. The Bertz CT molecular complexity index is 1320. The number of carbonyl (C=O) groups is 2. The van der Waals surface area contributed by atoms with Crippen molar-refractivity contribution in [2.24, 2.45) is 0 Å². The maximum absolute atomic E-state index is 13.6. The number of amides is 3. The van der Waals surface area contributed by atoms with E-state index in [1.54, 1.807) is 28.4 Å². The monoisotopic (exact) mass is 476 g/mol. The number of nitrogens with zero attached hydrogens (tertiary/aromatic N) is 3. The van der Waals surface area contributed by atoms with Crippen LogP contribution in [0.4, 0.5) is 14.9 Å². The maximum Gasteiger partial charge on any atom is 0.322 e. The lowest BCUT2D eigenvalue weighted by Gasteiger charge is -2.39. The van der Waals surface area contributed by atoms with Crippen LogP contribution in [0, 0.1) is 5.82 Å². The summed E-state index contributed by atoms with van der Waals surface area (Å²) in [5, 5.41) is 5.95. The number of para-hydroxylation sites is 1. The summed E-state index contributed by atoms with van der Waals surface area (Å²) in [6.45, 7) is 3.82. The van der Waals surface area contributed by atoms with Crippen LogP contribution in [0.3, 0.4) is 0 Å². The summed E-state index contributed by atoms with van der Waals surface area (Å²) < 4.78 is 15.4. The molecule has 2 aromatic carbocycles. The summed E-state index contributed by atoms with van der Waals surface area (Å²) in [6.07, 6.45) is 0. The van der Waals surface area contributed by atoms with E-state index in [1.807, 2.05) is 64.2 Å². The Kier molecular flexibility index (Phi) is 6.06. The lowest BCUT2D eigenvalue weighted by Crippen LogP contribution is -2.56. The molecular weight excluding hydrogens is 451 g/mol. The molecule has 34 heavy (non-hydrogen) atoms. The van der Waals surface area contributed by atoms with Crippen LogP contribution in [0.1, 0.15) is 23.0 Å². The highest BCUT2D eigenvalue weighted by Crippen LogP contribution is 2.28. The first-order chi connectivity index (χ1) is 16.5. The number of piperazine rings is 1. The second-order valence-electron chi connectivity index (χ2n) is 8.51. The number of nitrogens with one attached hydrogen (secondary N) is 1. The first-order valence-corrected chi connectivity index (χ1v) is 12.1. The number of urea groups is 1. The highest BCUT2D eigenvalue weighted by molar-refractivity contribution is 7.16. The van der Waals surface area contributed by atoms with E-state index in [0.29, 0.717) is 31.9 Å². The molecule has 3 amide bonds. The van der Waals surface area contributed by atoms with Gasteiger partial charge in [0.25, 0.3) is 5.91 Å². The van der Waals surface area contributed by atoms with Crippen LogP contribution in [0.2, 0.25) is 0 Å². The van der Waals surface area contributed by atoms with Gasteiger partial charge in [-0.3, -0.25) is 4.79 Å². The second-order valence-corrected chi connectivity index (χ2v) is 9.41. The van der Waals surface area contributed by atoms with Gasteiger partial charge < -0.3 is 19.7 Å². The van der Waals surface area contributed by atoms with Crippen LogP contribution in [-0.4, -0.2) is 52.0 Å². The third kappa shape index (κ3) is 4.41. The van der Waals surface area contributed by atoms with Crippen molar-refractivity contribution >= 4 is 39.2 Å². The molecule has 1 fully saturated rings. The molecule has 1 N–H and O–H groups in total. The largest absolute Gasteiger partial charge is 0.334 e. The van der Waals surface area contributed by atoms with Gasteiger partial charge in [-0.05, 0) is 54.3 Å². The lowest BCUT2D eigenvalue weighted by molar-refractivity contribution is 0.0583. The van der Waals surface area contributed by atoms with E-state index in [2.05, 4.69) is 5.32 Å². The van der Waals surface area contributed by atoms with Crippen LogP contribution < -0.4 is 5.32 Å². The van der Waals surface area contributed by atoms with E-state index < -0.39 is 0 Å². The molecule has 0 aliphatic carbocycles. The average Bonchev–Trinajstić information content (AvgIpc) is 3.43. The van der Waals surface area contributed by atoms with E-state index in [9.17, 15) is 14.0 Å². The van der Waals surface area contributed by atoms with E-state index in [4.69, 9.17) is 0 Å². The number of benzene rings is 2. The third-order valence-electron chi connectivity index (χ3n) is 6.18. The van der Waals surface area contributed by atoms with Gasteiger partial charge in [0.1, 0.15) is 16.3 Å². The van der Waals surface area contributed by atoms with Crippen molar-refractivity contribution in [3.63, 3.8) is 0 Å². The number of aromatic nitrogens is 1. The Labute approximate surface area is 201 Å². The molecule has 2 aromatic heterocycles. The number of rotatable bonds is 4. The standard InChI is InChI=1S/C26H25FN4O2S/c1-18-16-29(12-13-30(18)26(33)28-22-5-3-2-4-6-22)24(32)23-15-20-11-14-34-25(20)31(23)17-19-7-9-21(27)10-8-19/h2-11,14-15,18H,12-13,16-17H2,1H3,(H,28,33)/t18-/m1/s1. The van der Waals surface area contributed by atoms with Gasteiger partial charge in [-0.2, -0.15) is 0 Å². The predicted octanol–water partition coefficient (Wildman–Crippen LogP) is 5.27. The molecular formula is C26H25FN4O2S. The van der Waals surface area contributed by atoms with E-state index in [0.717, 1.165) is 21.5 Å². The molecule has 0 bridgehead atoms. The molecule has 0 saturated carbocycles. The molecule has 1 atom stereocenters. The molecule has 1 aliphatic heterocycles. The predicted molar refractivity (Wildman–Crippen MR) is 133 cm³/mol. The highest BCUT2D eigenvalue weighted by Gasteiger charge is 2.31. The first kappa shape index (κ1) is 22.2. The molecule has 0 unspecified atom stereocenters. The normalized spacial score (nSPS) is 16.1. The fourth-order valence-electron chi connectivity index (χ4n) is 4.40. The Hall–Kier alpha value is -3.65. The molecule has 1 aliphatic rings. The maximum atomic E-state index is 13.6. The molecule has 1 saturated heterocycles. The fraction of sp³-hybridized carbons (Fsp3) is 0.231. The van der Waals surface area contributed by atoms with Gasteiger partial charge in [-0.15, -0.1) is 11.3 Å². The Morgan fingerprint density at radius 1 is 1.06 bits per heavy atom. The van der Waals surface area contributed by atoms with E-state index >= 15 is 0 Å². The fourth-order valence-corrected chi connectivity index (χ4v) is 5.30. The van der Waals surface area contributed by atoms with Crippen molar-refractivity contribution in [3.05, 3.63) is 89.2 Å². The number of halogens is 1. The molecule has 6 nitrogen and oxygen atoms in total. The third-order valence-corrected chi connectivity index (χ3v) is 7.13. The Morgan fingerprint density at radius 3 is 2.56 bits per heavy atom. The summed E-state index contributed by atoms with van der Waals surface area (Å²) in [5.41, 5.74) is 2.29. The van der Waals surface area contributed by atoms with Crippen LogP contribution in [0.15, 0.2) is 72.1 Å². The molecule has 3 heterocycles. The quantitative estimate of drug-likeness (QED) is 0.436. The van der Waals surface area contributed by atoms with E-state index in [-0.39, 0.29) is 23.8 Å². The number of hydrogen-bond donors (Lipinski definition) is 1. The van der Waals surface area contributed by atoms with Crippen LogP contribution >= 0.6 is 11.3 Å². The van der Waals surface area contributed by atoms with Crippen molar-refractivity contribution in [1.82, 2.24) is 14.4 Å².